The molecule has 1 aromatic rings. The van der Waals surface area contributed by atoms with E-state index in [4.69, 9.17) is 5.11 Å². The Kier molecular flexibility index (Phi) is 9.38. The number of carboxylic acids is 1. The monoisotopic (exact) mass is 340 g/mol. The van der Waals surface area contributed by atoms with Gasteiger partial charge >= 0.3 is 5.97 Å². The molecule has 3 heteroatoms. The van der Waals surface area contributed by atoms with Gasteiger partial charge in [-0.05, 0) is 37.0 Å². The van der Waals surface area contributed by atoms with E-state index in [1.807, 2.05) is 0 Å². The zero-order valence-corrected chi connectivity index (χ0v) is 13.7. The van der Waals surface area contributed by atoms with Crippen LogP contribution in [0.5, 0.6) is 0 Å². The molecule has 20 heavy (non-hydrogen) atoms. The Morgan fingerprint density at radius 2 is 1.35 bits per heavy atom. The summed E-state index contributed by atoms with van der Waals surface area (Å²) in [6.45, 7) is 0. The second-order valence-corrected chi connectivity index (χ2v) is 6.26. The van der Waals surface area contributed by atoms with E-state index in [1.54, 1.807) is 0 Å². The van der Waals surface area contributed by atoms with Crippen molar-refractivity contribution in [3.63, 3.8) is 0 Å². The molecule has 0 unspecified atom stereocenters. The van der Waals surface area contributed by atoms with Crippen LogP contribution >= 0.6 is 15.9 Å². The second kappa shape index (κ2) is 10.9. The second-order valence-electron chi connectivity index (χ2n) is 5.35. The summed E-state index contributed by atoms with van der Waals surface area (Å²) >= 11 is 3.45. The van der Waals surface area contributed by atoms with Gasteiger partial charge < -0.3 is 5.11 Å². The molecule has 1 N–H and O–H groups in total. The van der Waals surface area contributed by atoms with Gasteiger partial charge in [0.25, 0.3) is 0 Å². The summed E-state index contributed by atoms with van der Waals surface area (Å²) in [6, 6.07) is 8.58. The number of aliphatic carboxylic acids is 1. The number of carbonyl (C=O) groups is 1. The first-order valence-corrected chi connectivity index (χ1v) is 8.44. The molecule has 112 valence electrons. The van der Waals surface area contributed by atoms with Gasteiger partial charge in [0.1, 0.15) is 0 Å². The number of unbranched alkanes of at least 4 members (excludes halogenated alkanes) is 7. The van der Waals surface area contributed by atoms with Gasteiger partial charge in [-0.15, -0.1) is 0 Å². The molecule has 0 amide bonds. The van der Waals surface area contributed by atoms with E-state index in [1.165, 1.54) is 50.5 Å². The van der Waals surface area contributed by atoms with Gasteiger partial charge in [-0.3, -0.25) is 4.79 Å². The Balaban J connectivity index is 1.87. The molecule has 0 heterocycles. The molecule has 0 radical (unpaired) electrons. The molecule has 0 aliphatic carbocycles. The summed E-state index contributed by atoms with van der Waals surface area (Å²) in [5.74, 6) is -0.669. The minimum Gasteiger partial charge on any atom is -0.481 e. The van der Waals surface area contributed by atoms with Crippen molar-refractivity contribution in [2.45, 2.75) is 64.2 Å². The highest BCUT2D eigenvalue weighted by Crippen LogP contribution is 2.14. The first-order valence-electron chi connectivity index (χ1n) is 7.65. The Morgan fingerprint density at radius 1 is 0.850 bits per heavy atom. The SMILES string of the molecule is O=C(O)CCCCCCCCCCc1ccc(Br)cc1. The smallest absolute Gasteiger partial charge is 0.303 e. The van der Waals surface area contributed by atoms with Gasteiger partial charge in [0.05, 0.1) is 0 Å². The zero-order chi connectivity index (χ0) is 14.6. The molecule has 0 aliphatic heterocycles. The minimum atomic E-state index is -0.669. The molecule has 0 atom stereocenters. The molecular formula is C17H25BrO2. The van der Waals surface area contributed by atoms with Crippen LogP contribution in [0.25, 0.3) is 0 Å². The van der Waals surface area contributed by atoms with Crippen LogP contribution in [-0.2, 0) is 11.2 Å². The van der Waals surface area contributed by atoms with Gasteiger partial charge in [0.15, 0.2) is 0 Å². The Morgan fingerprint density at radius 3 is 1.90 bits per heavy atom. The predicted octanol–water partition coefficient (Wildman–Crippen LogP) is 5.59. The third-order valence-electron chi connectivity index (χ3n) is 3.52. The normalized spacial score (nSPS) is 10.7. The highest BCUT2D eigenvalue weighted by Gasteiger charge is 1.97. The standard InChI is InChI=1S/C17H25BrO2/c18-16-13-11-15(12-14-16)9-7-5-3-1-2-4-6-8-10-17(19)20/h11-14H,1-10H2,(H,19,20). The molecule has 0 aliphatic rings. The molecule has 1 rings (SSSR count). The Labute approximate surface area is 130 Å². The van der Waals surface area contributed by atoms with E-state index < -0.39 is 5.97 Å². The highest BCUT2D eigenvalue weighted by molar-refractivity contribution is 9.10. The lowest BCUT2D eigenvalue weighted by molar-refractivity contribution is -0.137. The number of hydrogen-bond donors (Lipinski definition) is 1. The first-order chi connectivity index (χ1) is 9.68. The Hall–Kier alpha value is -0.830. The molecule has 0 bridgehead atoms. The van der Waals surface area contributed by atoms with E-state index in [0.717, 1.165) is 17.3 Å². The molecule has 0 saturated carbocycles. The van der Waals surface area contributed by atoms with Crippen LogP contribution in [-0.4, -0.2) is 11.1 Å². The van der Waals surface area contributed by atoms with Crippen molar-refractivity contribution in [2.24, 2.45) is 0 Å². The zero-order valence-electron chi connectivity index (χ0n) is 12.1. The van der Waals surface area contributed by atoms with Crippen molar-refractivity contribution in [1.82, 2.24) is 0 Å². The fourth-order valence-corrected chi connectivity index (χ4v) is 2.58. The van der Waals surface area contributed by atoms with E-state index >= 15 is 0 Å². The van der Waals surface area contributed by atoms with Crippen LogP contribution < -0.4 is 0 Å². The molecule has 0 saturated heterocycles. The summed E-state index contributed by atoms with van der Waals surface area (Å²) < 4.78 is 1.14. The van der Waals surface area contributed by atoms with Crippen molar-refractivity contribution in [3.05, 3.63) is 34.3 Å². The van der Waals surface area contributed by atoms with Crippen molar-refractivity contribution >= 4 is 21.9 Å². The molecule has 0 spiro atoms. The van der Waals surface area contributed by atoms with E-state index in [-0.39, 0.29) is 0 Å². The Bertz CT molecular complexity index is 373. The largest absolute Gasteiger partial charge is 0.481 e. The van der Waals surface area contributed by atoms with Gasteiger partial charge in [0, 0.05) is 10.9 Å². The van der Waals surface area contributed by atoms with Gasteiger partial charge in [-0.25, -0.2) is 0 Å². The predicted molar refractivity (Wildman–Crippen MR) is 87.0 cm³/mol. The van der Waals surface area contributed by atoms with Crippen molar-refractivity contribution in [1.29, 1.82) is 0 Å². The van der Waals surface area contributed by atoms with Crippen LogP contribution in [0, 0.1) is 0 Å². The lowest BCUT2D eigenvalue weighted by Gasteiger charge is -2.03. The van der Waals surface area contributed by atoms with Crippen LogP contribution in [0.2, 0.25) is 0 Å². The van der Waals surface area contributed by atoms with Crippen LogP contribution in [0.15, 0.2) is 28.7 Å². The maximum atomic E-state index is 10.3. The number of benzene rings is 1. The van der Waals surface area contributed by atoms with Gasteiger partial charge in [0.2, 0.25) is 0 Å². The topological polar surface area (TPSA) is 37.3 Å². The summed E-state index contributed by atoms with van der Waals surface area (Å²) in [5.41, 5.74) is 1.42. The van der Waals surface area contributed by atoms with Gasteiger partial charge in [-0.1, -0.05) is 66.6 Å². The average Bonchev–Trinajstić information content (AvgIpc) is 2.42. The highest BCUT2D eigenvalue weighted by atomic mass is 79.9. The quantitative estimate of drug-likeness (QED) is 0.533. The van der Waals surface area contributed by atoms with E-state index in [0.29, 0.717) is 6.42 Å². The summed E-state index contributed by atoms with van der Waals surface area (Å²) in [6.07, 6.45) is 11.0. The maximum Gasteiger partial charge on any atom is 0.303 e. The van der Waals surface area contributed by atoms with Crippen LogP contribution in [0.1, 0.15) is 63.4 Å². The number of halogens is 1. The lowest BCUT2D eigenvalue weighted by Crippen LogP contribution is -1.93. The molecule has 1 aromatic carbocycles. The molecular weight excluding hydrogens is 316 g/mol. The van der Waals surface area contributed by atoms with E-state index in [2.05, 4.69) is 40.2 Å². The molecule has 0 aromatic heterocycles. The minimum absolute atomic E-state index is 0.327. The summed E-state index contributed by atoms with van der Waals surface area (Å²) in [5, 5.41) is 8.52. The van der Waals surface area contributed by atoms with E-state index in [9.17, 15) is 4.79 Å². The summed E-state index contributed by atoms with van der Waals surface area (Å²) in [4.78, 5) is 10.3. The molecule has 2 nitrogen and oxygen atoms in total. The number of carboxylic acid groups (broad SMARTS) is 1. The third kappa shape index (κ3) is 9.13. The van der Waals surface area contributed by atoms with Gasteiger partial charge in [-0.2, -0.15) is 0 Å². The lowest BCUT2D eigenvalue weighted by atomic mass is 10.0. The van der Waals surface area contributed by atoms with Crippen LogP contribution in [0.4, 0.5) is 0 Å². The number of hydrogen-bond acceptors (Lipinski definition) is 1. The van der Waals surface area contributed by atoms with Crippen LogP contribution in [0.3, 0.4) is 0 Å². The summed E-state index contributed by atoms with van der Waals surface area (Å²) in [7, 11) is 0. The first kappa shape index (κ1) is 17.2. The average molecular weight is 341 g/mol. The van der Waals surface area contributed by atoms with Crippen molar-refractivity contribution in [2.75, 3.05) is 0 Å². The van der Waals surface area contributed by atoms with Crippen molar-refractivity contribution < 1.29 is 9.90 Å². The number of rotatable bonds is 11. The molecule has 0 fully saturated rings. The number of aryl methyl sites for hydroxylation is 1. The third-order valence-corrected chi connectivity index (χ3v) is 4.05. The maximum absolute atomic E-state index is 10.3. The fraction of sp³-hybridized carbons (Fsp3) is 0.588. The van der Waals surface area contributed by atoms with Crippen molar-refractivity contribution in [3.8, 4) is 0 Å². The fourth-order valence-electron chi connectivity index (χ4n) is 2.32.